The van der Waals surface area contributed by atoms with Crippen molar-refractivity contribution in [3.05, 3.63) is 23.8 Å². The van der Waals surface area contributed by atoms with Crippen molar-refractivity contribution in [1.82, 2.24) is 0 Å². The second kappa shape index (κ2) is 5.13. The van der Waals surface area contributed by atoms with Crippen LogP contribution in [-0.4, -0.2) is 5.25 Å². The van der Waals surface area contributed by atoms with Crippen LogP contribution in [0.3, 0.4) is 0 Å². The number of hydrogen-bond acceptors (Lipinski definition) is 2. The summed E-state index contributed by atoms with van der Waals surface area (Å²) in [6.07, 6.45) is 5.50. The molecule has 0 saturated heterocycles. The predicted molar refractivity (Wildman–Crippen MR) is 72.9 cm³/mol. The lowest BCUT2D eigenvalue weighted by atomic mass is 9.91. The SMILES string of the molecule is Cc1c(N)cccc1SC1CCC(C)CC1. The second-order valence-corrected chi connectivity index (χ2v) is 6.31. The van der Waals surface area contributed by atoms with Gasteiger partial charge in [-0.2, -0.15) is 0 Å². The first-order valence-corrected chi connectivity index (χ1v) is 7.06. The van der Waals surface area contributed by atoms with Crippen LogP contribution in [0.25, 0.3) is 0 Å². The number of benzene rings is 1. The molecular formula is C14H21NS. The Labute approximate surface area is 103 Å². The topological polar surface area (TPSA) is 26.0 Å². The van der Waals surface area contributed by atoms with Crippen molar-refractivity contribution in [3.63, 3.8) is 0 Å². The van der Waals surface area contributed by atoms with Gasteiger partial charge in [0.2, 0.25) is 0 Å². The summed E-state index contributed by atoms with van der Waals surface area (Å²) in [6.45, 7) is 4.50. The van der Waals surface area contributed by atoms with E-state index in [1.165, 1.54) is 36.1 Å². The first-order chi connectivity index (χ1) is 7.66. The minimum atomic E-state index is 0.802. The maximum atomic E-state index is 5.93. The summed E-state index contributed by atoms with van der Waals surface area (Å²) in [7, 11) is 0. The fourth-order valence-corrected chi connectivity index (χ4v) is 3.60. The van der Waals surface area contributed by atoms with Gasteiger partial charge in [-0.25, -0.2) is 0 Å². The molecule has 1 aliphatic carbocycles. The Morgan fingerprint density at radius 1 is 1.19 bits per heavy atom. The van der Waals surface area contributed by atoms with Crippen LogP contribution in [0.4, 0.5) is 5.69 Å². The molecule has 1 aliphatic rings. The van der Waals surface area contributed by atoms with Gasteiger partial charge in [-0.15, -0.1) is 11.8 Å². The van der Waals surface area contributed by atoms with Crippen molar-refractivity contribution < 1.29 is 0 Å². The molecule has 0 unspecified atom stereocenters. The molecule has 1 aromatic carbocycles. The Morgan fingerprint density at radius 2 is 1.88 bits per heavy atom. The average Bonchev–Trinajstić information content (AvgIpc) is 2.28. The van der Waals surface area contributed by atoms with E-state index in [2.05, 4.69) is 26.0 Å². The lowest BCUT2D eigenvalue weighted by Gasteiger charge is -2.26. The van der Waals surface area contributed by atoms with E-state index in [1.807, 2.05) is 17.8 Å². The van der Waals surface area contributed by atoms with Crippen LogP contribution in [0.2, 0.25) is 0 Å². The zero-order valence-electron chi connectivity index (χ0n) is 10.2. The van der Waals surface area contributed by atoms with E-state index in [1.54, 1.807) is 0 Å². The number of hydrogen-bond donors (Lipinski definition) is 1. The summed E-state index contributed by atoms with van der Waals surface area (Å²) < 4.78 is 0. The Kier molecular flexibility index (Phi) is 3.80. The monoisotopic (exact) mass is 235 g/mol. The molecule has 1 saturated carbocycles. The van der Waals surface area contributed by atoms with Crippen LogP contribution >= 0.6 is 11.8 Å². The quantitative estimate of drug-likeness (QED) is 0.776. The molecule has 16 heavy (non-hydrogen) atoms. The lowest BCUT2D eigenvalue weighted by molar-refractivity contribution is 0.393. The summed E-state index contributed by atoms with van der Waals surface area (Å²) >= 11 is 2.03. The molecule has 0 aliphatic heterocycles. The molecular weight excluding hydrogens is 214 g/mol. The highest BCUT2D eigenvalue weighted by Gasteiger charge is 2.19. The number of nitrogens with two attached hydrogens (primary N) is 1. The van der Waals surface area contributed by atoms with Gasteiger partial charge in [-0.3, -0.25) is 0 Å². The zero-order valence-corrected chi connectivity index (χ0v) is 11.0. The first kappa shape index (κ1) is 11.8. The van der Waals surface area contributed by atoms with Crippen LogP contribution in [0.15, 0.2) is 23.1 Å². The van der Waals surface area contributed by atoms with Crippen LogP contribution in [0.5, 0.6) is 0 Å². The third-order valence-corrected chi connectivity index (χ3v) is 5.08. The van der Waals surface area contributed by atoms with Crippen LogP contribution in [0, 0.1) is 12.8 Å². The Balaban J connectivity index is 2.01. The first-order valence-electron chi connectivity index (χ1n) is 6.18. The Bertz CT molecular complexity index is 354. The maximum absolute atomic E-state index is 5.93. The molecule has 0 spiro atoms. The number of anilines is 1. The number of rotatable bonds is 2. The fraction of sp³-hybridized carbons (Fsp3) is 0.571. The molecule has 2 N–H and O–H groups in total. The molecule has 0 heterocycles. The van der Waals surface area contributed by atoms with Gasteiger partial charge in [-0.05, 0) is 56.2 Å². The van der Waals surface area contributed by atoms with Crippen LogP contribution in [0.1, 0.15) is 38.2 Å². The highest BCUT2D eigenvalue weighted by Crippen LogP contribution is 2.37. The van der Waals surface area contributed by atoms with Gasteiger partial charge in [-0.1, -0.05) is 13.0 Å². The van der Waals surface area contributed by atoms with Crippen molar-refractivity contribution >= 4 is 17.4 Å². The molecule has 0 radical (unpaired) electrons. The van der Waals surface area contributed by atoms with Gasteiger partial charge in [0.15, 0.2) is 0 Å². The smallest absolute Gasteiger partial charge is 0.0354 e. The molecule has 0 amide bonds. The van der Waals surface area contributed by atoms with Crippen LogP contribution in [-0.2, 0) is 0 Å². The molecule has 1 aromatic rings. The fourth-order valence-electron chi connectivity index (χ4n) is 2.29. The van der Waals surface area contributed by atoms with E-state index in [-0.39, 0.29) is 0 Å². The summed E-state index contributed by atoms with van der Waals surface area (Å²) in [6, 6.07) is 6.26. The van der Waals surface area contributed by atoms with Crippen molar-refractivity contribution in [1.29, 1.82) is 0 Å². The maximum Gasteiger partial charge on any atom is 0.0354 e. The Morgan fingerprint density at radius 3 is 2.56 bits per heavy atom. The third-order valence-electron chi connectivity index (χ3n) is 3.58. The molecule has 0 bridgehead atoms. The highest BCUT2D eigenvalue weighted by molar-refractivity contribution is 8.00. The van der Waals surface area contributed by atoms with E-state index in [9.17, 15) is 0 Å². The molecule has 2 rings (SSSR count). The normalized spacial score (nSPS) is 25.6. The minimum Gasteiger partial charge on any atom is -0.398 e. The van der Waals surface area contributed by atoms with Crippen molar-refractivity contribution in [2.24, 2.45) is 5.92 Å². The summed E-state index contributed by atoms with van der Waals surface area (Å²) in [5, 5.41) is 0.802. The molecule has 0 atom stereocenters. The summed E-state index contributed by atoms with van der Waals surface area (Å²) in [4.78, 5) is 1.37. The van der Waals surface area contributed by atoms with E-state index in [0.717, 1.165) is 16.9 Å². The van der Waals surface area contributed by atoms with Gasteiger partial charge in [0.1, 0.15) is 0 Å². The van der Waals surface area contributed by atoms with E-state index in [0.29, 0.717) is 0 Å². The molecule has 2 heteroatoms. The molecule has 1 nitrogen and oxygen atoms in total. The number of thioether (sulfide) groups is 1. The third kappa shape index (κ3) is 2.73. The van der Waals surface area contributed by atoms with Gasteiger partial charge < -0.3 is 5.73 Å². The summed E-state index contributed by atoms with van der Waals surface area (Å²) in [5.74, 6) is 0.929. The van der Waals surface area contributed by atoms with Gasteiger partial charge >= 0.3 is 0 Å². The van der Waals surface area contributed by atoms with Crippen LogP contribution < -0.4 is 5.73 Å². The molecule has 88 valence electrons. The van der Waals surface area contributed by atoms with E-state index >= 15 is 0 Å². The molecule has 1 fully saturated rings. The lowest BCUT2D eigenvalue weighted by Crippen LogP contribution is -2.14. The van der Waals surface area contributed by atoms with Gasteiger partial charge in [0.05, 0.1) is 0 Å². The summed E-state index contributed by atoms with van der Waals surface area (Å²) in [5.41, 5.74) is 8.12. The van der Waals surface area contributed by atoms with E-state index < -0.39 is 0 Å². The zero-order chi connectivity index (χ0) is 11.5. The average molecular weight is 235 g/mol. The highest BCUT2D eigenvalue weighted by atomic mass is 32.2. The minimum absolute atomic E-state index is 0.802. The van der Waals surface area contributed by atoms with Crippen molar-refractivity contribution in [3.8, 4) is 0 Å². The second-order valence-electron chi connectivity index (χ2n) is 4.97. The van der Waals surface area contributed by atoms with Crippen molar-refractivity contribution in [2.45, 2.75) is 49.7 Å². The number of nitrogen functional groups attached to an aromatic ring is 1. The van der Waals surface area contributed by atoms with Crippen molar-refractivity contribution in [2.75, 3.05) is 5.73 Å². The predicted octanol–water partition coefficient (Wildman–Crippen LogP) is 4.25. The van der Waals surface area contributed by atoms with E-state index in [4.69, 9.17) is 5.73 Å². The van der Waals surface area contributed by atoms with Gasteiger partial charge in [0, 0.05) is 15.8 Å². The van der Waals surface area contributed by atoms with Gasteiger partial charge in [0.25, 0.3) is 0 Å². The standard InChI is InChI=1S/C14H21NS/c1-10-6-8-12(9-7-10)16-14-5-3-4-13(15)11(14)2/h3-5,10,12H,6-9,15H2,1-2H3. The Hall–Kier alpha value is -0.630. The largest absolute Gasteiger partial charge is 0.398 e. The molecule has 0 aromatic heterocycles.